The molecule has 2 aliphatic heterocycles. The van der Waals surface area contributed by atoms with E-state index in [4.69, 9.17) is 0 Å². The van der Waals surface area contributed by atoms with Crippen LogP contribution in [0.1, 0.15) is 126 Å². The lowest BCUT2D eigenvalue weighted by Crippen LogP contribution is -2.54. The Kier molecular flexibility index (Phi) is 12.0. The van der Waals surface area contributed by atoms with Gasteiger partial charge >= 0.3 is 0 Å². The van der Waals surface area contributed by atoms with Crippen LogP contribution in [0.3, 0.4) is 0 Å². The molecule has 15 heteroatoms. The van der Waals surface area contributed by atoms with Gasteiger partial charge in [0.25, 0.3) is 17.7 Å². The molecule has 58 heavy (non-hydrogen) atoms. The molecule has 2 aromatic carbocycles. The zero-order valence-electron chi connectivity index (χ0n) is 33.3. The Morgan fingerprint density at radius 3 is 2.50 bits per heavy atom. The molecule has 0 spiro atoms. The number of H-pyrrole nitrogens is 1. The Balaban J connectivity index is 0.837. The number of carbonyl (C=O) groups excluding carboxylic acids is 6. The molecule has 1 saturated heterocycles. The number of imide groups is 2. The second-order valence-electron chi connectivity index (χ2n) is 16.5. The topological polar surface area (TPSA) is 191 Å². The molecule has 7 rings (SSSR count). The number of carbonyl (C=O) groups is 6. The number of aromatic amines is 1. The Hall–Kier alpha value is -5.96. The third kappa shape index (κ3) is 9.09. The monoisotopic (exact) mass is 789 g/mol. The van der Waals surface area contributed by atoms with E-state index in [9.17, 15) is 28.8 Å². The van der Waals surface area contributed by atoms with E-state index >= 15 is 0 Å². The number of hydrogen-bond acceptors (Lipinski definition) is 9. The zero-order valence-corrected chi connectivity index (χ0v) is 33.3. The molecule has 0 radical (unpaired) electrons. The summed E-state index contributed by atoms with van der Waals surface area (Å²) in [5.41, 5.74) is 5.15. The van der Waals surface area contributed by atoms with Gasteiger partial charge in [-0.15, -0.1) is 0 Å². The predicted octanol–water partition coefficient (Wildman–Crippen LogP) is 5.28. The van der Waals surface area contributed by atoms with Gasteiger partial charge in [-0.25, -0.2) is 0 Å². The molecule has 4 heterocycles. The van der Waals surface area contributed by atoms with E-state index in [-0.39, 0.29) is 47.2 Å². The maximum absolute atomic E-state index is 13.3. The summed E-state index contributed by atoms with van der Waals surface area (Å²) in [5, 5.41) is 20.1. The summed E-state index contributed by atoms with van der Waals surface area (Å²) in [6.45, 7) is 6.20. The van der Waals surface area contributed by atoms with Crippen LogP contribution in [-0.2, 0) is 27.2 Å². The van der Waals surface area contributed by atoms with E-state index in [1.807, 2.05) is 29.1 Å². The molecule has 304 valence electrons. The molecule has 4 aromatic rings. The maximum atomic E-state index is 13.3. The summed E-state index contributed by atoms with van der Waals surface area (Å²) < 4.78 is 1.92. The highest BCUT2D eigenvalue weighted by Crippen LogP contribution is 2.35. The van der Waals surface area contributed by atoms with E-state index < -0.39 is 29.7 Å². The number of nitrogens with zero attached hydrogens (tertiary/aromatic N) is 5. The number of rotatable bonds is 16. The summed E-state index contributed by atoms with van der Waals surface area (Å²) in [7, 11) is 2.11. The van der Waals surface area contributed by atoms with Gasteiger partial charge in [0.2, 0.25) is 17.7 Å². The standard InChI is InChI=1S/C43H51N9O6/c1-43(2)20-18-31-33(24-43)48-49-38(31)40(56)46-29-25-44-51(26-29)34(27-11-7-6-8-12-27)19-22-50(3)21-10-5-4-9-13-36(53)45-28-14-15-30-32(23-28)42(58)52(41(30)57)35-16-17-37(54)47-39(35)55/h6-8,11-12,14-15,23,25-26,34-35H,4-5,9-10,13,16-22,24H2,1-3H3,(H,45,53)(H,46,56)(H,48,49)(H,47,54,55)/t34-,35?/m0/s1. The van der Waals surface area contributed by atoms with Crippen molar-refractivity contribution in [3.63, 3.8) is 0 Å². The average molecular weight is 790 g/mol. The van der Waals surface area contributed by atoms with Crippen molar-refractivity contribution in [2.24, 2.45) is 5.41 Å². The Morgan fingerprint density at radius 2 is 1.71 bits per heavy atom. The van der Waals surface area contributed by atoms with Crippen molar-refractivity contribution < 1.29 is 28.8 Å². The smallest absolute Gasteiger partial charge is 0.276 e. The third-order valence-corrected chi connectivity index (χ3v) is 11.4. The van der Waals surface area contributed by atoms with E-state index in [0.29, 0.717) is 29.9 Å². The average Bonchev–Trinajstić information content (AvgIpc) is 3.89. The summed E-state index contributed by atoms with van der Waals surface area (Å²) in [6.07, 6.45) is 11.1. The van der Waals surface area contributed by atoms with Crippen LogP contribution < -0.4 is 16.0 Å². The van der Waals surface area contributed by atoms with Crippen molar-refractivity contribution in [2.45, 2.75) is 96.6 Å². The van der Waals surface area contributed by atoms with Gasteiger partial charge in [0, 0.05) is 42.5 Å². The molecule has 6 amide bonds. The third-order valence-electron chi connectivity index (χ3n) is 11.4. The highest BCUT2D eigenvalue weighted by atomic mass is 16.2. The SMILES string of the molecule is CN(CCCCCCC(=O)Nc1ccc2c(c1)C(=O)N(C1CCC(=O)NC1=O)C2=O)CC[C@@H](c1ccccc1)n1cc(NC(=O)c2n[nH]c3c2CCC(C)(C)C3)cn1. The highest BCUT2D eigenvalue weighted by molar-refractivity contribution is 6.24. The minimum absolute atomic E-state index is 0.0262. The normalized spacial score (nSPS) is 17.9. The largest absolute Gasteiger partial charge is 0.326 e. The van der Waals surface area contributed by atoms with Crippen molar-refractivity contribution in [1.29, 1.82) is 0 Å². The molecule has 15 nitrogen and oxygen atoms in total. The Bertz CT molecular complexity index is 2210. The van der Waals surface area contributed by atoms with Gasteiger partial charge in [0.05, 0.1) is 29.1 Å². The first-order chi connectivity index (χ1) is 27.9. The van der Waals surface area contributed by atoms with E-state index in [1.54, 1.807) is 12.3 Å². The first kappa shape index (κ1) is 40.2. The fourth-order valence-corrected chi connectivity index (χ4v) is 8.17. The Labute approximate surface area is 337 Å². The second-order valence-corrected chi connectivity index (χ2v) is 16.5. The number of fused-ring (bicyclic) bond motifs is 2. The number of piperidine rings is 1. The van der Waals surface area contributed by atoms with Gasteiger partial charge in [-0.2, -0.15) is 10.2 Å². The molecule has 1 aliphatic carbocycles. The predicted molar refractivity (Wildman–Crippen MR) is 216 cm³/mol. The van der Waals surface area contributed by atoms with Crippen LogP contribution >= 0.6 is 0 Å². The van der Waals surface area contributed by atoms with Crippen LogP contribution in [0.25, 0.3) is 0 Å². The highest BCUT2D eigenvalue weighted by Gasteiger charge is 2.44. The fraction of sp³-hybridized carbons (Fsp3) is 0.442. The molecule has 2 aromatic heterocycles. The molecule has 2 atom stereocenters. The van der Waals surface area contributed by atoms with Crippen LogP contribution in [-0.4, -0.2) is 91.4 Å². The molecule has 3 aliphatic rings. The molecule has 1 fully saturated rings. The summed E-state index contributed by atoms with van der Waals surface area (Å²) in [6, 6.07) is 13.7. The molecule has 0 bridgehead atoms. The van der Waals surface area contributed by atoms with E-state index in [0.717, 1.165) is 79.8 Å². The molecule has 0 saturated carbocycles. The second kappa shape index (κ2) is 17.3. The fourth-order valence-electron chi connectivity index (χ4n) is 8.17. The van der Waals surface area contributed by atoms with E-state index in [1.165, 1.54) is 12.1 Å². The van der Waals surface area contributed by atoms with Gasteiger partial charge in [-0.3, -0.25) is 48.8 Å². The number of amides is 6. The van der Waals surface area contributed by atoms with Gasteiger partial charge in [0.15, 0.2) is 5.69 Å². The van der Waals surface area contributed by atoms with Crippen molar-refractivity contribution in [3.8, 4) is 0 Å². The van der Waals surface area contributed by atoms with Crippen molar-refractivity contribution >= 4 is 46.8 Å². The molecule has 1 unspecified atom stereocenters. The van der Waals surface area contributed by atoms with Crippen LogP contribution in [0.15, 0.2) is 60.9 Å². The first-order valence-corrected chi connectivity index (χ1v) is 20.2. The van der Waals surface area contributed by atoms with Crippen LogP contribution in [0.4, 0.5) is 11.4 Å². The lowest BCUT2D eigenvalue weighted by atomic mass is 9.76. The summed E-state index contributed by atoms with van der Waals surface area (Å²) in [4.78, 5) is 79.2. The van der Waals surface area contributed by atoms with Gasteiger partial charge in [0.1, 0.15) is 6.04 Å². The van der Waals surface area contributed by atoms with Crippen molar-refractivity contribution in [2.75, 3.05) is 30.8 Å². The minimum atomic E-state index is -1.04. The quantitative estimate of drug-likeness (QED) is 0.0865. The van der Waals surface area contributed by atoms with Crippen LogP contribution in [0.5, 0.6) is 0 Å². The number of aromatic nitrogens is 4. The lowest BCUT2D eigenvalue weighted by Gasteiger charge is -2.28. The number of unbranched alkanes of at least 4 members (excludes halogenated alkanes) is 3. The lowest BCUT2D eigenvalue weighted by molar-refractivity contribution is -0.136. The van der Waals surface area contributed by atoms with Crippen molar-refractivity contribution in [1.82, 2.24) is 35.1 Å². The van der Waals surface area contributed by atoms with Gasteiger partial charge in [-0.05, 0) is 87.7 Å². The summed E-state index contributed by atoms with van der Waals surface area (Å²) in [5.74, 6) is -2.72. The Morgan fingerprint density at radius 1 is 0.931 bits per heavy atom. The van der Waals surface area contributed by atoms with Crippen LogP contribution in [0, 0.1) is 5.41 Å². The minimum Gasteiger partial charge on any atom is -0.326 e. The summed E-state index contributed by atoms with van der Waals surface area (Å²) >= 11 is 0. The molecule has 4 N–H and O–H groups in total. The van der Waals surface area contributed by atoms with Crippen LogP contribution in [0.2, 0.25) is 0 Å². The maximum Gasteiger partial charge on any atom is 0.276 e. The number of nitrogens with one attached hydrogen (secondary N) is 4. The zero-order chi connectivity index (χ0) is 41.0. The van der Waals surface area contributed by atoms with Gasteiger partial charge < -0.3 is 15.5 Å². The molecular weight excluding hydrogens is 739 g/mol. The number of anilines is 2. The van der Waals surface area contributed by atoms with Gasteiger partial charge in [-0.1, -0.05) is 57.0 Å². The first-order valence-electron chi connectivity index (χ1n) is 20.2. The number of benzene rings is 2. The molecular formula is C43H51N9O6. The van der Waals surface area contributed by atoms with E-state index in [2.05, 4.69) is 69.2 Å². The van der Waals surface area contributed by atoms with Crippen molar-refractivity contribution in [3.05, 3.63) is 94.6 Å². The number of hydrogen-bond donors (Lipinski definition) is 4.